The molecular weight excluding hydrogens is 246 g/mol. The lowest BCUT2D eigenvalue weighted by Gasteiger charge is -2.22. The molecule has 108 valence electrons. The highest BCUT2D eigenvalue weighted by Crippen LogP contribution is 2.22. The Morgan fingerprint density at radius 3 is 2.28 bits per heavy atom. The molecule has 0 radical (unpaired) electrons. The van der Waals surface area contributed by atoms with Crippen molar-refractivity contribution in [2.75, 3.05) is 18.8 Å². The molecule has 18 heavy (non-hydrogen) atoms. The number of rotatable bonds is 7. The van der Waals surface area contributed by atoms with Crippen molar-refractivity contribution in [1.29, 1.82) is 0 Å². The second kappa shape index (κ2) is 7.49. The lowest BCUT2D eigenvalue weighted by molar-refractivity contribution is 0.345. The fourth-order valence-corrected chi connectivity index (χ4v) is 4.14. The van der Waals surface area contributed by atoms with Gasteiger partial charge in [-0.3, -0.25) is 0 Å². The molecule has 0 aromatic rings. The molecule has 0 heterocycles. The molecule has 0 aromatic heterocycles. The van der Waals surface area contributed by atoms with Gasteiger partial charge in [-0.2, -0.15) is 0 Å². The SMILES string of the molecule is CC(C)C(C)S(=O)(=O)CCNCC1CCCCC1. The average Bonchev–Trinajstić information content (AvgIpc) is 2.35. The second-order valence-electron chi connectivity index (χ2n) is 6.02. The van der Waals surface area contributed by atoms with E-state index in [0.717, 1.165) is 12.5 Å². The summed E-state index contributed by atoms with van der Waals surface area (Å²) < 4.78 is 24.0. The lowest BCUT2D eigenvalue weighted by atomic mass is 9.89. The first kappa shape index (κ1) is 16.0. The smallest absolute Gasteiger partial charge is 0.154 e. The van der Waals surface area contributed by atoms with E-state index in [-0.39, 0.29) is 16.9 Å². The molecule has 1 aliphatic rings. The molecule has 1 atom stereocenters. The number of hydrogen-bond donors (Lipinski definition) is 1. The Balaban J connectivity index is 2.20. The first-order chi connectivity index (χ1) is 8.43. The van der Waals surface area contributed by atoms with E-state index in [1.54, 1.807) is 0 Å². The highest BCUT2D eigenvalue weighted by atomic mass is 32.2. The topological polar surface area (TPSA) is 46.2 Å². The first-order valence-corrected chi connectivity index (χ1v) is 9.07. The van der Waals surface area contributed by atoms with E-state index in [1.807, 2.05) is 20.8 Å². The summed E-state index contributed by atoms with van der Waals surface area (Å²) in [4.78, 5) is 0. The molecule has 0 aromatic carbocycles. The Morgan fingerprint density at radius 1 is 1.11 bits per heavy atom. The van der Waals surface area contributed by atoms with Crippen molar-refractivity contribution in [3.8, 4) is 0 Å². The maximum atomic E-state index is 12.0. The highest BCUT2D eigenvalue weighted by Gasteiger charge is 2.23. The third-order valence-corrected chi connectivity index (χ3v) is 6.68. The van der Waals surface area contributed by atoms with Gasteiger partial charge in [0.25, 0.3) is 0 Å². The van der Waals surface area contributed by atoms with Crippen LogP contribution in [0.15, 0.2) is 0 Å². The molecule has 1 unspecified atom stereocenters. The van der Waals surface area contributed by atoms with Gasteiger partial charge in [0, 0.05) is 6.54 Å². The minimum atomic E-state index is -2.93. The van der Waals surface area contributed by atoms with Gasteiger partial charge in [0.1, 0.15) is 0 Å². The molecule has 0 amide bonds. The normalized spacial score (nSPS) is 20.2. The van der Waals surface area contributed by atoms with Gasteiger partial charge in [-0.1, -0.05) is 33.1 Å². The molecule has 4 heteroatoms. The Morgan fingerprint density at radius 2 is 1.72 bits per heavy atom. The van der Waals surface area contributed by atoms with E-state index < -0.39 is 9.84 Å². The van der Waals surface area contributed by atoms with E-state index in [2.05, 4.69) is 5.32 Å². The highest BCUT2D eigenvalue weighted by molar-refractivity contribution is 7.92. The lowest BCUT2D eigenvalue weighted by Crippen LogP contribution is -2.33. The van der Waals surface area contributed by atoms with E-state index in [9.17, 15) is 8.42 Å². The van der Waals surface area contributed by atoms with Gasteiger partial charge in [-0.25, -0.2) is 8.42 Å². The van der Waals surface area contributed by atoms with Crippen LogP contribution in [0.1, 0.15) is 52.9 Å². The first-order valence-electron chi connectivity index (χ1n) is 7.35. The van der Waals surface area contributed by atoms with Gasteiger partial charge in [0.2, 0.25) is 0 Å². The quantitative estimate of drug-likeness (QED) is 0.727. The van der Waals surface area contributed by atoms with E-state index in [1.165, 1.54) is 32.1 Å². The molecule has 1 saturated carbocycles. The van der Waals surface area contributed by atoms with Gasteiger partial charge < -0.3 is 5.32 Å². The Kier molecular flexibility index (Phi) is 6.64. The monoisotopic (exact) mass is 275 g/mol. The van der Waals surface area contributed by atoms with Crippen molar-refractivity contribution in [2.45, 2.75) is 58.1 Å². The van der Waals surface area contributed by atoms with Crippen LogP contribution in [-0.4, -0.2) is 32.5 Å². The van der Waals surface area contributed by atoms with Crippen LogP contribution >= 0.6 is 0 Å². The fraction of sp³-hybridized carbons (Fsp3) is 1.00. The summed E-state index contributed by atoms with van der Waals surface area (Å²) in [7, 11) is -2.93. The van der Waals surface area contributed by atoms with Gasteiger partial charge in [0.05, 0.1) is 11.0 Å². The summed E-state index contributed by atoms with van der Waals surface area (Å²) in [6.07, 6.45) is 6.67. The van der Waals surface area contributed by atoms with E-state index in [4.69, 9.17) is 0 Å². The summed E-state index contributed by atoms with van der Waals surface area (Å²) in [6.45, 7) is 7.36. The summed E-state index contributed by atoms with van der Waals surface area (Å²) in [6, 6.07) is 0. The molecule has 1 N–H and O–H groups in total. The third-order valence-electron chi connectivity index (χ3n) is 4.23. The predicted octanol–water partition coefficient (Wildman–Crippen LogP) is 2.62. The minimum Gasteiger partial charge on any atom is -0.315 e. The Labute approximate surface area is 113 Å². The fourth-order valence-electron chi connectivity index (χ4n) is 2.51. The van der Waals surface area contributed by atoms with Crippen LogP contribution in [0.2, 0.25) is 0 Å². The standard InChI is InChI=1S/C14H29NO2S/c1-12(2)13(3)18(16,17)10-9-15-11-14-7-5-4-6-8-14/h12-15H,4-11H2,1-3H3. The molecule has 0 saturated heterocycles. The van der Waals surface area contributed by atoms with Crippen molar-refractivity contribution >= 4 is 9.84 Å². The minimum absolute atomic E-state index is 0.202. The van der Waals surface area contributed by atoms with Crippen LogP contribution in [0.4, 0.5) is 0 Å². The van der Waals surface area contributed by atoms with Crippen molar-refractivity contribution in [2.24, 2.45) is 11.8 Å². The van der Waals surface area contributed by atoms with Crippen LogP contribution in [0, 0.1) is 11.8 Å². The van der Waals surface area contributed by atoms with Crippen LogP contribution in [-0.2, 0) is 9.84 Å². The van der Waals surface area contributed by atoms with Crippen LogP contribution in [0.5, 0.6) is 0 Å². The molecular formula is C14H29NO2S. The maximum Gasteiger partial charge on any atom is 0.154 e. The van der Waals surface area contributed by atoms with Crippen LogP contribution in [0.3, 0.4) is 0 Å². The summed E-state index contributed by atoms with van der Waals surface area (Å²) in [5.74, 6) is 1.25. The third kappa shape index (κ3) is 5.27. The molecule has 1 rings (SSSR count). The number of nitrogens with one attached hydrogen (secondary N) is 1. The van der Waals surface area contributed by atoms with Gasteiger partial charge in [-0.15, -0.1) is 0 Å². The van der Waals surface area contributed by atoms with Crippen molar-refractivity contribution in [1.82, 2.24) is 5.32 Å². The largest absolute Gasteiger partial charge is 0.315 e. The molecule has 3 nitrogen and oxygen atoms in total. The Hall–Kier alpha value is -0.0900. The molecule has 0 bridgehead atoms. The van der Waals surface area contributed by atoms with Gasteiger partial charge >= 0.3 is 0 Å². The van der Waals surface area contributed by atoms with E-state index >= 15 is 0 Å². The predicted molar refractivity (Wildman–Crippen MR) is 77.5 cm³/mol. The molecule has 1 aliphatic carbocycles. The van der Waals surface area contributed by atoms with Gasteiger partial charge in [-0.05, 0) is 38.1 Å². The molecule has 0 spiro atoms. The second-order valence-corrected chi connectivity index (χ2v) is 8.50. The van der Waals surface area contributed by atoms with Crippen LogP contribution < -0.4 is 5.32 Å². The maximum absolute atomic E-state index is 12.0. The van der Waals surface area contributed by atoms with Crippen molar-refractivity contribution in [3.63, 3.8) is 0 Å². The van der Waals surface area contributed by atoms with E-state index in [0.29, 0.717) is 6.54 Å². The zero-order valence-electron chi connectivity index (χ0n) is 12.1. The summed E-state index contributed by atoms with van der Waals surface area (Å²) >= 11 is 0. The zero-order valence-corrected chi connectivity index (χ0v) is 12.9. The number of sulfone groups is 1. The summed E-state index contributed by atoms with van der Waals surface area (Å²) in [5.41, 5.74) is 0. The van der Waals surface area contributed by atoms with Crippen LogP contribution in [0.25, 0.3) is 0 Å². The Bertz CT molecular complexity index is 319. The molecule has 1 fully saturated rings. The number of hydrogen-bond acceptors (Lipinski definition) is 3. The summed E-state index contributed by atoms with van der Waals surface area (Å²) in [5, 5.41) is 3.10. The van der Waals surface area contributed by atoms with Gasteiger partial charge in [0.15, 0.2) is 9.84 Å². The van der Waals surface area contributed by atoms with Crippen molar-refractivity contribution in [3.05, 3.63) is 0 Å². The average molecular weight is 275 g/mol. The zero-order chi connectivity index (χ0) is 13.6. The molecule has 0 aliphatic heterocycles. The van der Waals surface area contributed by atoms with Crippen molar-refractivity contribution < 1.29 is 8.42 Å².